The van der Waals surface area contributed by atoms with E-state index < -0.39 is 0 Å². The van der Waals surface area contributed by atoms with Crippen LogP contribution in [-0.4, -0.2) is 20.8 Å². The number of nitrogens with zero attached hydrogens (tertiary/aromatic N) is 3. The number of anilines is 1. The molecule has 0 unspecified atom stereocenters. The van der Waals surface area contributed by atoms with Gasteiger partial charge in [-0.2, -0.15) is 5.10 Å². The van der Waals surface area contributed by atoms with E-state index in [1.54, 1.807) is 10.9 Å². The van der Waals surface area contributed by atoms with Crippen molar-refractivity contribution in [2.24, 2.45) is 0 Å². The van der Waals surface area contributed by atoms with Gasteiger partial charge in [-0.3, -0.25) is 9.48 Å². The highest BCUT2D eigenvalue weighted by Crippen LogP contribution is 2.15. The Morgan fingerprint density at radius 1 is 1.25 bits per heavy atom. The van der Waals surface area contributed by atoms with Gasteiger partial charge in [-0.25, -0.2) is 0 Å². The van der Waals surface area contributed by atoms with Gasteiger partial charge in [0, 0.05) is 18.2 Å². The molecule has 0 aliphatic heterocycles. The van der Waals surface area contributed by atoms with Crippen LogP contribution in [0.25, 0.3) is 0 Å². The Labute approximate surface area is 140 Å². The molecule has 3 aromatic rings. The summed E-state index contributed by atoms with van der Waals surface area (Å²) in [6, 6.07) is 9.97. The fraction of sp³-hybridized carbons (Fsp3) is 0.278. The van der Waals surface area contributed by atoms with Crippen LogP contribution in [0.15, 0.2) is 47.2 Å². The lowest BCUT2D eigenvalue weighted by Gasteiger charge is -2.03. The number of carbonyl (C=O) groups is 1. The van der Waals surface area contributed by atoms with Crippen molar-refractivity contribution in [3.8, 4) is 0 Å². The van der Waals surface area contributed by atoms with Crippen molar-refractivity contribution in [3.05, 3.63) is 65.3 Å². The molecule has 0 radical (unpaired) electrons. The van der Waals surface area contributed by atoms with Gasteiger partial charge in [-0.15, -0.1) is 0 Å². The molecule has 0 fully saturated rings. The Balaban J connectivity index is 1.55. The van der Waals surface area contributed by atoms with Crippen LogP contribution in [0.4, 0.5) is 5.69 Å². The molecule has 1 amide bonds. The zero-order chi connectivity index (χ0) is 16.9. The van der Waals surface area contributed by atoms with Gasteiger partial charge in [0.1, 0.15) is 5.76 Å². The van der Waals surface area contributed by atoms with Gasteiger partial charge in [-0.05, 0) is 25.8 Å². The molecule has 2 aromatic heterocycles. The number of rotatable bonds is 6. The molecule has 0 aliphatic carbocycles. The molecule has 0 saturated carbocycles. The van der Waals surface area contributed by atoms with Gasteiger partial charge < -0.3 is 9.84 Å². The van der Waals surface area contributed by atoms with Crippen LogP contribution < -0.4 is 5.32 Å². The molecule has 6 heteroatoms. The summed E-state index contributed by atoms with van der Waals surface area (Å²) in [7, 11) is 0. The number of nitrogens with one attached hydrogen (secondary N) is 1. The SMILES string of the molecule is Cc1noc(C)c1Cn1cc(NC(=O)CCc2ccccc2)cn1. The standard InChI is InChI=1S/C18H20N4O2/c1-13-17(14(2)24-21-13)12-22-11-16(10-19-22)20-18(23)9-8-15-6-4-3-5-7-15/h3-7,10-11H,8-9,12H2,1-2H3,(H,20,23). The van der Waals surface area contributed by atoms with E-state index in [4.69, 9.17) is 4.52 Å². The number of carbonyl (C=O) groups excluding carboxylic acids is 1. The molecule has 3 rings (SSSR count). The molecule has 124 valence electrons. The Hall–Kier alpha value is -2.89. The Morgan fingerprint density at radius 3 is 2.75 bits per heavy atom. The summed E-state index contributed by atoms with van der Waals surface area (Å²) >= 11 is 0. The quantitative estimate of drug-likeness (QED) is 0.756. The molecular formula is C18H20N4O2. The number of benzene rings is 1. The molecule has 2 heterocycles. The first kappa shape index (κ1) is 16.0. The summed E-state index contributed by atoms with van der Waals surface area (Å²) in [6.07, 6.45) is 4.63. The molecule has 1 N–H and O–H groups in total. The van der Waals surface area contributed by atoms with Crippen molar-refractivity contribution in [3.63, 3.8) is 0 Å². The highest BCUT2D eigenvalue weighted by Gasteiger charge is 2.11. The molecular weight excluding hydrogens is 304 g/mol. The maximum Gasteiger partial charge on any atom is 0.224 e. The fourth-order valence-corrected chi connectivity index (χ4v) is 2.53. The minimum absolute atomic E-state index is 0.0178. The van der Waals surface area contributed by atoms with Crippen molar-refractivity contribution in [2.45, 2.75) is 33.2 Å². The van der Waals surface area contributed by atoms with E-state index >= 15 is 0 Å². The molecule has 24 heavy (non-hydrogen) atoms. The van der Waals surface area contributed by atoms with Crippen molar-refractivity contribution < 1.29 is 9.32 Å². The summed E-state index contributed by atoms with van der Waals surface area (Å²) in [6.45, 7) is 4.35. The number of amides is 1. The summed E-state index contributed by atoms with van der Waals surface area (Å²) in [5, 5.41) is 11.1. The minimum atomic E-state index is -0.0178. The van der Waals surface area contributed by atoms with Crippen molar-refractivity contribution >= 4 is 11.6 Å². The van der Waals surface area contributed by atoms with Gasteiger partial charge in [0.2, 0.25) is 5.91 Å². The zero-order valence-corrected chi connectivity index (χ0v) is 13.8. The normalized spacial score (nSPS) is 10.8. The maximum absolute atomic E-state index is 12.0. The highest BCUT2D eigenvalue weighted by molar-refractivity contribution is 5.90. The monoisotopic (exact) mass is 324 g/mol. The van der Waals surface area contributed by atoms with E-state index in [0.717, 1.165) is 29.0 Å². The van der Waals surface area contributed by atoms with Gasteiger partial charge >= 0.3 is 0 Å². The summed E-state index contributed by atoms with van der Waals surface area (Å²) in [5.74, 6) is 0.771. The number of aromatic nitrogens is 3. The summed E-state index contributed by atoms with van der Waals surface area (Å²) in [4.78, 5) is 12.0. The summed E-state index contributed by atoms with van der Waals surface area (Å²) < 4.78 is 6.92. The van der Waals surface area contributed by atoms with Gasteiger partial charge in [0.05, 0.1) is 24.1 Å². The topological polar surface area (TPSA) is 73.0 Å². The van der Waals surface area contributed by atoms with Crippen LogP contribution in [0.2, 0.25) is 0 Å². The Kier molecular flexibility index (Phi) is 4.74. The predicted molar refractivity (Wildman–Crippen MR) is 90.7 cm³/mol. The lowest BCUT2D eigenvalue weighted by Crippen LogP contribution is -2.11. The molecule has 0 spiro atoms. The molecule has 0 saturated heterocycles. The van der Waals surface area contributed by atoms with E-state index in [1.807, 2.05) is 50.4 Å². The average molecular weight is 324 g/mol. The van der Waals surface area contributed by atoms with E-state index in [-0.39, 0.29) is 5.91 Å². The van der Waals surface area contributed by atoms with E-state index in [1.165, 1.54) is 0 Å². The lowest BCUT2D eigenvalue weighted by molar-refractivity contribution is -0.116. The number of hydrogen-bond donors (Lipinski definition) is 1. The number of hydrogen-bond acceptors (Lipinski definition) is 4. The maximum atomic E-state index is 12.0. The number of aryl methyl sites for hydroxylation is 3. The van der Waals surface area contributed by atoms with Crippen LogP contribution >= 0.6 is 0 Å². The van der Waals surface area contributed by atoms with Crippen molar-refractivity contribution in [1.82, 2.24) is 14.9 Å². The highest BCUT2D eigenvalue weighted by atomic mass is 16.5. The molecule has 0 aliphatic rings. The second-order valence-electron chi connectivity index (χ2n) is 5.76. The van der Waals surface area contributed by atoms with Crippen LogP contribution in [0, 0.1) is 13.8 Å². The van der Waals surface area contributed by atoms with Crippen LogP contribution in [0.1, 0.15) is 29.0 Å². The van der Waals surface area contributed by atoms with Crippen LogP contribution in [0.3, 0.4) is 0 Å². The Bertz CT molecular complexity index is 801. The molecule has 6 nitrogen and oxygen atoms in total. The lowest BCUT2D eigenvalue weighted by atomic mass is 10.1. The first-order chi connectivity index (χ1) is 11.6. The van der Waals surface area contributed by atoms with Gasteiger partial charge in [0.15, 0.2) is 0 Å². The van der Waals surface area contributed by atoms with Crippen LogP contribution in [-0.2, 0) is 17.8 Å². The molecule has 0 atom stereocenters. The Morgan fingerprint density at radius 2 is 2.04 bits per heavy atom. The summed E-state index contributed by atoms with van der Waals surface area (Å²) in [5.41, 5.74) is 3.72. The van der Waals surface area contributed by atoms with Crippen molar-refractivity contribution in [1.29, 1.82) is 0 Å². The molecule has 1 aromatic carbocycles. The largest absolute Gasteiger partial charge is 0.361 e. The van der Waals surface area contributed by atoms with E-state index in [2.05, 4.69) is 15.6 Å². The third-order valence-corrected chi connectivity index (χ3v) is 3.90. The zero-order valence-electron chi connectivity index (χ0n) is 13.8. The molecule has 0 bridgehead atoms. The minimum Gasteiger partial charge on any atom is -0.361 e. The van der Waals surface area contributed by atoms with E-state index in [9.17, 15) is 4.79 Å². The smallest absolute Gasteiger partial charge is 0.224 e. The second-order valence-corrected chi connectivity index (χ2v) is 5.76. The fourth-order valence-electron chi connectivity index (χ4n) is 2.53. The van der Waals surface area contributed by atoms with Gasteiger partial charge in [0.25, 0.3) is 0 Å². The first-order valence-electron chi connectivity index (χ1n) is 7.90. The second kappa shape index (κ2) is 7.12. The van der Waals surface area contributed by atoms with Crippen LogP contribution in [0.5, 0.6) is 0 Å². The predicted octanol–water partition coefficient (Wildman–Crippen LogP) is 3.11. The van der Waals surface area contributed by atoms with Crippen molar-refractivity contribution in [2.75, 3.05) is 5.32 Å². The third-order valence-electron chi connectivity index (χ3n) is 3.90. The third kappa shape index (κ3) is 3.90. The van der Waals surface area contributed by atoms with E-state index in [0.29, 0.717) is 18.7 Å². The first-order valence-corrected chi connectivity index (χ1v) is 7.90. The average Bonchev–Trinajstić information content (AvgIpc) is 3.15. The van der Waals surface area contributed by atoms with Gasteiger partial charge in [-0.1, -0.05) is 35.5 Å².